The van der Waals surface area contributed by atoms with Crippen molar-refractivity contribution in [1.29, 1.82) is 0 Å². The number of benzene rings is 1. The predicted octanol–water partition coefficient (Wildman–Crippen LogP) is 0.765. The first-order chi connectivity index (χ1) is 11.9. The minimum Gasteiger partial charge on any atom is -0.383 e. The van der Waals surface area contributed by atoms with Crippen LogP contribution < -0.4 is 11.1 Å². The monoisotopic (exact) mass is 348 g/mol. The molecule has 0 aliphatic carbocycles. The lowest BCUT2D eigenvalue weighted by Gasteiger charge is -2.35. The Bertz CT molecular complexity index is 590. The molecule has 3 N–H and O–H groups in total. The van der Waals surface area contributed by atoms with Gasteiger partial charge in [-0.3, -0.25) is 9.59 Å². The number of piperidine rings is 1. The summed E-state index contributed by atoms with van der Waals surface area (Å²) < 4.78 is 4.87. The third kappa shape index (κ3) is 5.26. The summed E-state index contributed by atoms with van der Waals surface area (Å²) in [5.41, 5.74) is 6.90. The number of nitrogens with zero attached hydrogens (tertiary/aromatic N) is 2. The molecule has 7 heteroatoms. The van der Waals surface area contributed by atoms with E-state index in [1.54, 1.807) is 24.3 Å². The molecule has 0 saturated carbocycles. The van der Waals surface area contributed by atoms with Gasteiger partial charge in [0.1, 0.15) is 6.04 Å². The Hall–Kier alpha value is -1.96. The standard InChI is InChI=1S/C18H28N4O3/c1-21-10-4-5-15(11-21)22(2)18(24)13-6-8-14(9-7-13)20-17(23)16(19)12-25-3/h6-9,15-16H,4-5,10-12,19H2,1-3H3,(H,20,23). The maximum Gasteiger partial charge on any atom is 0.253 e. The van der Waals surface area contributed by atoms with E-state index in [1.807, 2.05) is 11.9 Å². The molecule has 0 aromatic heterocycles. The van der Waals surface area contributed by atoms with E-state index in [0.29, 0.717) is 11.3 Å². The smallest absolute Gasteiger partial charge is 0.253 e. The second-order valence-corrected chi connectivity index (χ2v) is 6.60. The second-order valence-electron chi connectivity index (χ2n) is 6.60. The average Bonchev–Trinajstić information content (AvgIpc) is 2.61. The average molecular weight is 348 g/mol. The summed E-state index contributed by atoms with van der Waals surface area (Å²) in [5.74, 6) is -0.322. The number of likely N-dealkylation sites (N-methyl/N-ethyl adjacent to an activating group) is 2. The van der Waals surface area contributed by atoms with Crippen molar-refractivity contribution in [3.63, 3.8) is 0 Å². The molecule has 1 aromatic carbocycles. The Kier molecular flexibility index (Phi) is 6.92. The van der Waals surface area contributed by atoms with Crippen LogP contribution in [0, 0.1) is 0 Å². The number of nitrogens with two attached hydrogens (primary N) is 1. The van der Waals surface area contributed by atoms with Gasteiger partial charge in [0.15, 0.2) is 0 Å². The zero-order valence-corrected chi connectivity index (χ0v) is 15.2. The zero-order valence-electron chi connectivity index (χ0n) is 15.2. The number of hydrogen-bond donors (Lipinski definition) is 2. The van der Waals surface area contributed by atoms with Gasteiger partial charge in [-0.1, -0.05) is 0 Å². The van der Waals surface area contributed by atoms with Gasteiger partial charge in [0.2, 0.25) is 5.91 Å². The van der Waals surface area contributed by atoms with Crippen LogP contribution in [0.25, 0.3) is 0 Å². The van der Waals surface area contributed by atoms with Gasteiger partial charge in [-0.25, -0.2) is 0 Å². The van der Waals surface area contributed by atoms with E-state index in [2.05, 4.69) is 17.3 Å². The van der Waals surface area contributed by atoms with Crippen LogP contribution in [0.15, 0.2) is 24.3 Å². The van der Waals surface area contributed by atoms with E-state index >= 15 is 0 Å². The van der Waals surface area contributed by atoms with Crippen LogP contribution in [0.5, 0.6) is 0 Å². The predicted molar refractivity (Wildman–Crippen MR) is 97.5 cm³/mol. The van der Waals surface area contributed by atoms with Crippen LogP contribution in [0.2, 0.25) is 0 Å². The maximum atomic E-state index is 12.7. The highest BCUT2D eigenvalue weighted by Gasteiger charge is 2.25. The van der Waals surface area contributed by atoms with Gasteiger partial charge < -0.3 is 25.6 Å². The summed E-state index contributed by atoms with van der Waals surface area (Å²) in [6, 6.07) is 6.39. The van der Waals surface area contributed by atoms with Crippen LogP contribution in [0.1, 0.15) is 23.2 Å². The molecule has 2 rings (SSSR count). The minimum absolute atomic E-state index is 0.00531. The lowest BCUT2D eigenvalue weighted by Crippen LogP contribution is -2.47. The number of carbonyl (C=O) groups excluding carboxylic acids is 2. The van der Waals surface area contributed by atoms with Crippen molar-refractivity contribution in [3.8, 4) is 0 Å². The summed E-state index contributed by atoms with van der Waals surface area (Å²) in [4.78, 5) is 28.6. The van der Waals surface area contributed by atoms with Crippen molar-refractivity contribution >= 4 is 17.5 Å². The molecule has 2 unspecified atom stereocenters. The molecule has 0 spiro atoms. The number of amides is 2. The maximum absolute atomic E-state index is 12.7. The van der Waals surface area contributed by atoms with Crippen molar-refractivity contribution < 1.29 is 14.3 Å². The molecule has 1 aliphatic heterocycles. The third-order valence-electron chi connectivity index (χ3n) is 4.55. The highest BCUT2D eigenvalue weighted by Crippen LogP contribution is 2.17. The Balaban J connectivity index is 1.96. The molecular formula is C18H28N4O3. The number of anilines is 1. The molecule has 1 saturated heterocycles. The first kappa shape index (κ1) is 19.4. The van der Waals surface area contributed by atoms with Gasteiger partial charge in [-0.2, -0.15) is 0 Å². The minimum atomic E-state index is -0.722. The first-order valence-corrected chi connectivity index (χ1v) is 8.53. The van der Waals surface area contributed by atoms with Gasteiger partial charge in [-0.05, 0) is 50.7 Å². The van der Waals surface area contributed by atoms with E-state index in [0.717, 1.165) is 25.9 Å². The molecule has 1 aromatic rings. The van der Waals surface area contributed by atoms with Crippen molar-refractivity contribution in [2.45, 2.75) is 24.9 Å². The SMILES string of the molecule is COCC(N)C(=O)Nc1ccc(C(=O)N(C)C2CCCN(C)C2)cc1. The van der Waals surface area contributed by atoms with Crippen LogP contribution in [-0.4, -0.2) is 74.6 Å². The van der Waals surface area contributed by atoms with E-state index in [9.17, 15) is 9.59 Å². The number of hydrogen-bond acceptors (Lipinski definition) is 5. The summed E-state index contributed by atoms with van der Waals surface area (Å²) in [6.07, 6.45) is 2.13. The van der Waals surface area contributed by atoms with E-state index in [-0.39, 0.29) is 24.5 Å². The first-order valence-electron chi connectivity index (χ1n) is 8.53. The number of rotatable bonds is 6. The second kappa shape index (κ2) is 8.94. The highest BCUT2D eigenvalue weighted by atomic mass is 16.5. The molecule has 1 heterocycles. The Morgan fingerprint density at radius 2 is 2.08 bits per heavy atom. The van der Waals surface area contributed by atoms with Gasteiger partial charge in [0, 0.05) is 38.0 Å². The lowest BCUT2D eigenvalue weighted by atomic mass is 10.0. The molecular weight excluding hydrogens is 320 g/mol. The largest absolute Gasteiger partial charge is 0.383 e. The fraction of sp³-hybridized carbons (Fsp3) is 0.556. The number of nitrogens with one attached hydrogen (secondary N) is 1. The van der Waals surface area contributed by atoms with Gasteiger partial charge in [-0.15, -0.1) is 0 Å². The Morgan fingerprint density at radius 3 is 2.68 bits per heavy atom. The van der Waals surface area contributed by atoms with Crippen LogP contribution in [-0.2, 0) is 9.53 Å². The van der Waals surface area contributed by atoms with Crippen molar-refractivity contribution in [3.05, 3.63) is 29.8 Å². The van der Waals surface area contributed by atoms with Gasteiger partial charge in [0.25, 0.3) is 5.91 Å². The van der Waals surface area contributed by atoms with Crippen molar-refractivity contribution in [2.75, 3.05) is 46.2 Å². The highest BCUT2D eigenvalue weighted by molar-refractivity contribution is 5.97. The number of carbonyl (C=O) groups is 2. The number of likely N-dealkylation sites (tertiary alicyclic amines) is 1. The van der Waals surface area contributed by atoms with E-state index < -0.39 is 6.04 Å². The normalized spacial score (nSPS) is 19.3. The molecule has 25 heavy (non-hydrogen) atoms. The Labute approximate surface area is 149 Å². The van der Waals surface area contributed by atoms with Crippen LogP contribution in [0.4, 0.5) is 5.69 Å². The third-order valence-corrected chi connectivity index (χ3v) is 4.55. The molecule has 1 fully saturated rings. The van der Waals surface area contributed by atoms with Crippen molar-refractivity contribution in [1.82, 2.24) is 9.80 Å². The number of ether oxygens (including phenoxy) is 1. The van der Waals surface area contributed by atoms with Crippen molar-refractivity contribution in [2.24, 2.45) is 5.73 Å². The quantitative estimate of drug-likeness (QED) is 0.793. The lowest BCUT2D eigenvalue weighted by molar-refractivity contribution is -0.118. The molecule has 138 valence electrons. The summed E-state index contributed by atoms with van der Waals surface area (Å²) in [5, 5.41) is 2.72. The van der Waals surface area contributed by atoms with E-state index in [1.165, 1.54) is 7.11 Å². The summed E-state index contributed by atoms with van der Waals surface area (Å²) in [7, 11) is 5.43. The molecule has 0 radical (unpaired) electrons. The van der Waals surface area contributed by atoms with E-state index in [4.69, 9.17) is 10.5 Å². The van der Waals surface area contributed by atoms with Gasteiger partial charge in [0.05, 0.1) is 6.61 Å². The fourth-order valence-electron chi connectivity index (χ4n) is 3.01. The van der Waals surface area contributed by atoms with Gasteiger partial charge >= 0.3 is 0 Å². The molecule has 7 nitrogen and oxygen atoms in total. The molecule has 2 amide bonds. The summed E-state index contributed by atoms with van der Waals surface area (Å²) >= 11 is 0. The zero-order chi connectivity index (χ0) is 18.4. The summed E-state index contributed by atoms with van der Waals surface area (Å²) in [6.45, 7) is 2.13. The molecule has 0 bridgehead atoms. The molecule has 2 atom stereocenters. The molecule has 1 aliphatic rings. The van der Waals surface area contributed by atoms with Crippen LogP contribution >= 0.6 is 0 Å². The topological polar surface area (TPSA) is 87.9 Å². The fourth-order valence-corrected chi connectivity index (χ4v) is 3.01. The van der Waals surface area contributed by atoms with Crippen LogP contribution in [0.3, 0.4) is 0 Å². The Morgan fingerprint density at radius 1 is 1.40 bits per heavy atom. The number of methoxy groups -OCH3 is 1.